The number of rotatable bonds is 5. The number of hydrogen-bond acceptors (Lipinski definition) is 8. The van der Waals surface area contributed by atoms with Crippen molar-refractivity contribution in [2.45, 2.75) is 32.4 Å². The van der Waals surface area contributed by atoms with Crippen LogP contribution >= 0.6 is 0 Å². The van der Waals surface area contributed by atoms with Gasteiger partial charge < -0.3 is 30.5 Å². The Morgan fingerprint density at radius 1 is 1.42 bits per heavy atom. The molecule has 172 valence electrons. The van der Waals surface area contributed by atoms with Gasteiger partial charge in [-0.3, -0.25) is 0 Å². The summed E-state index contributed by atoms with van der Waals surface area (Å²) in [6.45, 7) is 4.95. The van der Waals surface area contributed by atoms with Crippen LogP contribution in [0.15, 0.2) is 18.3 Å². The topological polar surface area (TPSA) is 149 Å². The Hall–Kier alpha value is -4.07. The van der Waals surface area contributed by atoms with Gasteiger partial charge in [0.15, 0.2) is 0 Å². The van der Waals surface area contributed by atoms with E-state index in [1.807, 2.05) is 30.8 Å². The Balaban J connectivity index is 1.73. The predicted octanol–water partition coefficient (Wildman–Crippen LogP) is 2.49. The molecule has 3 aromatic rings. The maximum Gasteiger partial charge on any atom is 0.407 e. The zero-order chi connectivity index (χ0) is 23.9. The molecule has 0 bridgehead atoms. The fourth-order valence-corrected chi connectivity index (χ4v) is 4.30. The largest absolute Gasteiger partial charge is 0.465 e. The third kappa shape index (κ3) is 4.07. The quantitative estimate of drug-likeness (QED) is 0.534. The predicted molar refractivity (Wildman–Crippen MR) is 125 cm³/mol. The number of nitrogens with zero attached hydrogens (tertiary/aromatic N) is 7. The SMILES string of the molecule is Cc1nc(N)nc(N[C@@H](C)c2nc3ccn(C)c3cc2N2CC[C@H](N(C)C(=O)O)C2)c1C#N. The molecule has 33 heavy (non-hydrogen) atoms. The van der Waals surface area contributed by atoms with E-state index in [0.29, 0.717) is 30.2 Å². The van der Waals surface area contributed by atoms with E-state index >= 15 is 0 Å². The summed E-state index contributed by atoms with van der Waals surface area (Å²) in [7, 11) is 3.57. The zero-order valence-electron chi connectivity index (χ0n) is 19.1. The van der Waals surface area contributed by atoms with Crippen molar-refractivity contribution in [3.8, 4) is 6.07 Å². The van der Waals surface area contributed by atoms with Crippen LogP contribution in [0.1, 0.15) is 36.3 Å². The number of nitrogens with one attached hydrogen (secondary N) is 1. The molecule has 11 heteroatoms. The highest BCUT2D eigenvalue weighted by molar-refractivity contribution is 5.81. The second-order valence-electron chi connectivity index (χ2n) is 8.37. The first-order valence-electron chi connectivity index (χ1n) is 10.7. The second-order valence-corrected chi connectivity index (χ2v) is 8.37. The monoisotopic (exact) mass is 449 g/mol. The van der Waals surface area contributed by atoms with Crippen LogP contribution in [0.5, 0.6) is 0 Å². The first kappa shape index (κ1) is 22.1. The number of amides is 1. The molecule has 0 radical (unpaired) electrons. The van der Waals surface area contributed by atoms with Gasteiger partial charge in [-0.15, -0.1) is 0 Å². The molecule has 0 aliphatic carbocycles. The van der Waals surface area contributed by atoms with Gasteiger partial charge in [0.05, 0.1) is 40.2 Å². The Bertz CT molecular complexity index is 1260. The molecule has 0 aromatic carbocycles. The van der Waals surface area contributed by atoms with Crippen molar-refractivity contribution in [2.75, 3.05) is 36.1 Å². The first-order valence-corrected chi connectivity index (χ1v) is 10.7. The molecular weight excluding hydrogens is 422 g/mol. The van der Waals surface area contributed by atoms with Gasteiger partial charge in [-0.1, -0.05) is 0 Å². The molecule has 11 nitrogen and oxygen atoms in total. The van der Waals surface area contributed by atoms with E-state index < -0.39 is 6.09 Å². The number of aryl methyl sites for hydroxylation is 2. The van der Waals surface area contributed by atoms with Crippen molar-refractivity contribution in [1.82, 2.24) is 24.4 Å². The standard InChI is InChI=1S/C22H27N9O2/c1-12-15(10-23)20(28-21(24)26-12)25-13(2)19-18(9-17-16(27-19)6-7-29(17)3)31-8-5-14(11-31)30(4)22(32)33/h6-7,9,13-14H,5,8,11H2,1-4H3,(H,32,33)(H3,24,25,26,28)/t13-,14-/m0/s1. The molecule has 4 N–H and O–H groups in total. The van der Waals surface area contributed by atoms with E-state index in [9.17, 15) is 15.2 Å². The summed E-state index contributed by atoms with van der Waals surface area (Å²) in [4.78, 5) is 28.2. The average molecular weight is 450 g/mol. The van der Waals surface area contributed by atoms with E-state index in [1.165, 1.54) is 4.90 Å². The molecule has 3 aromatic heterocycles. The van der Waals surface area contributed by atoms with Crippen LogP contribution in [0.2, 0.25) is 0 Å². The molecular formula is C22H27N9O2. The van der Waals surface area contributed by atoms with Crippen LogP contribution in [-0.2, 0) is 7.05 Å². The molecule has 1 fully saturated rings. The molecule has 4 rings (SSSR count). The molecule has 1 amide bonds. The van der Waals surface area contributed by atoms with Crippen molar-refractivity contribution in [3.63, 3.8) is 0 Å². The lowest BCUT2D eigenvalue weighted by atomic mass is 10.1. The van der Waals surface area contributed by atoms with Gasteiger partial charge in [-0.05, 0) is 32.4 Å². The van der Waals surface area contributed by atoms with Crippen LogP contribution in [0.4, 0.5) is 22.2 Å². The molecule has 1 aliphatic heterocycles. The third-order valence-electron chi connectivity index (χ3n) is 6.21. The summed E-state index contributed by atoms with van der Waals surface area (Å²) in [5, 5.41) is 22.3. The number of anilines is 3. The van der Waals surface area contributed by atoms with Crippen LogP contribution in [0.3, 0.4) is 0 Å². The number of carboxylic acid groups (broad SMARTS) is 1. The van der Waals surface area contributed by atoms with E-state index in [4.69, 9.17) is 10.7 Å². The lowest BCUT2D eigenvalue weighted by Crippen LogP contribution is -2.38. The first-order chi connectivity index (χ1) is 15.7. The lowest BCUT2D eigenvalue weighted by Gasteiger charge is -2.27. The molecule has 0 spiro atoms. The molecule has 1 saturated heterocycles. The van der Waals surface area contributed by atoms with Crippen LogP contribution < -0.4 is 16.0 Å². The normalized spacial score (nSPS) is 16.6. The summed E-state index contributed by atoms with van der Waals surface area (Å²) in [6, 6.07) is 5.78. The fraction of sp³-hybridized carbons (Fsp3) is 0.409. The summed E-state index contributed by atoms with van der Waals surface area (Å²) in [6.07, 6.45) is 1.75. The van der Waals surface area contributed by atoms with Crippen molar-refractivity contribution in [2.24, 2.45) is 7.05 Å². The molecule has 0 saturated carbocycles. The van der Waals surface area contributed by atoms with Crippen molar-refractivity contribution in [3.05, 3.63) is 35.3 Å². The summed E-state index contributed by atoms with van der Waals surface area (Å²) < 4.78 is 2.01. The van der Waals surface area contributed by atoms with E-state index in [0.717, 1.165) is 28.8 Å². The van der Waals surface area contributed by atoms with E-state index in [2.05, 4.69) is 32.3 Å². The molecule has 0 unspecified atom stereocenters. The smallest absolute Gasteiger partial charge is 0.407 e. The summed E-state index contributed by atoms with van der Waals surface area (Å²) in [5.74, 6) is 0.452. The minimum Gasteiger partial charge on any atom is -0.465 e. The molecule has 2 atom stereocenters. The zero-order valence-corrected chi connectivity index (χ0v) is 19.1. The number of carbonyl (C=O) groups is 1. The maximum absolute atomic E-state index is 11.4. The van der Waals surface area contributed by atoms with Crippen molar-refractivity contribution < 1.29 is 9.90 Å². The highest BCUT2D eigenvalue weighted by atomic mass is 16.4. The maximum atomic E-state index is 11.4. The number of nitriles is 1. The van der Waals surface area contributed by atoms with Gasteiger partial charge in [0, 0.05) is 33.4 Å². The number of nitrogen functional groups attached to an aromatic ring is 1. The van der Waals surface area contributed by atoms with Gasteiger partial charge in [-0.2, -0.15) is 10.2 Å². The Labute approximate surface area is 191 Å². The number of hydrogen-bond donors (Lipinski definition) is 3. The van der Waals surface area contributed by atoms with Crippen molar-refractivity contribution >= 4 is 34.6 Å². The third-order valence-corrected chi connectivity index (χ3v) is 6.21. The minimum atomic E-state index is -0.936. The Morgan fingerprint density at radius 3 is 2.88 bits per heavy atom. The van der Waals surface area contributed by atoms with Crippen molar-refractivity contribution in [1.29, 1.82) is 5.26 Å². The van der Waals surface area contributed by atoms with Gasteiger partial charge in [0.1, 0.15) is 17.5 Å². The number of pyridine rings is 1. The number of aromatic nitrogens is 4. The average Bonchev–Trinajstić information content (AvgIpc) is 3.39. The summed E-state index contributed by atoms with van der Waals surface area (Å²) >= 11 is 0. The van der Waals surface area contributed by atoms with Crippen LogP contribution in [0.25, 0.3) is 11.0 Å². The summed E-state index contributed by atoms with van der Waals surface area (Å²) in [5.41, 5.74) is 10.2. The molecule has 4 heterocycles. The number of fused-ring (bicyclic) bond motifs is 1. The second kappa shape index (κ2) is 8.46. The number of likely N-dealkylation sites (N-methyl/N-ethyl adjacent to an activating group) is 1. The Kier molecular flexibility index (Phi) is 5.68. The minimum absolute atomic E-state index is 0.0898. The van der Waals surface area contributed by atoms with Gasteiger partial charge in [-0.25, -0.2) is 14.8 Å². The van der Waals surface area contributed by atoms with E-state index in [1.54, 1.807) is 14.0 Å². The Morgan fingerprint density at radius 2 is 2.18 bits per heavy atom. The highest BCUT2D eigenvalue weighted by Crippen LogP contribution is 2.34. The van der Waals surface area contributed by atoms with Gasteiger partial charge in [0.2, 0.25) is 5.95 Å². The van der Waals surface area contributed by atoms with Crippen LogP contribution in [-0.4, -0.2) is 61.8 Å². The lowest BCUT2D eigenvalue weighted by molar-refractivity contribution is 0.142. The van der Waals surface area contributed by atoms with Gasteiger partial charge >= 0.3 is 6.09 Å². The number of nitrogens with two attached hydrogens (primary N) is 1. The fourth-order valence-electron chi connectivity index (χ4n) is 4.30. The molecule has 1 aliphatic rings. The van der Waals surface area contributed by atoms with Crippen LogP contribution in [0, 0.1) is 18.3 Å². The highest BCUT2D eigenvalue weighted by Gasteiger charge is 2.31. The van der Waals surface area contributed by atoms with Gasteiger partial charge in [0.25, 0.3) is 0 Å². The van der Waals surface area contributed by atoms with E-state index in [-0.39, 0.29) is 18.0 Å².